The van der Waals surface area contributed by atoms with Gasteiger partial charge < -0.3 is 11.5 Å². The van der Waals surface area contributed by atoms with Crippen molar-refractivity contribution in [1.82, 2.24) is 0 Å². The molecule has 0 aromatic carbocycles. The summed E-state index contributed by atoms with van der Waals surface area (Å²) in [6, 6.07) is -0.637. The maximum atomic E-state index is 12.3. The second-order valence-electron chi connectivity index (χ2n) is 3.36. The van der Waals surface area contributed by atoms with Gasteiger partial charge in [-0.1, -0.05) is 13.0 Å². The van der Waals surface area contributed by atoms with Gasteiger partial charge in [-0.15, -0.1) is 0 Å². The van der Waals surface area contributed by atoms with E-state index in [-0.39, 0.29) is 11.6 Å². The first kappa shape index (κ1) is 11.1. The minimum Gasteiger partial charge on any atom is -0.402 e. The van der Waals surface area contributed by atoms with E-state index in [1.807, 2.05) is 6.92 Å². The molecule has 0 radical (unpaired) electrons. The predicted molar refractivity (Wildman–Crippen MR) is 48.2 cm³/mol. The standard InChI is InChI=1S/C9H13F3N2/c1-2-6-7(13)3-5(4-8(6)14)9(10,11)12/h3-4,6-7H,2,13-14H2,1H3. The summed E-state index contributed by atoms with van der Waals surface area (Å²) in [5.41, 5.74) is 10.6. The van der Waals surface area contributed by atoms with Gasteiger partial charge in [-0.3, -0.25) is 0 Å². The van der Waals surface area contributed by atoms with E-state index in [4.69, 9.17) is 11.5 Å². The van der Waals surface area contributed by atoms with E-state index in [1.165, 1.54) is 0 Å². The topological polar surface area (TPSA) is 52.0 Å². The van der Waals surface area contributed by atoms with Crippen molar-refractivity contribution in [1.29, 1.82) is 0 Å². The van der Waals surface area contributed by atoms with Crippen LogP contribution in [0.2, 0.25) is 0 Å². The van der Waals surface area contributed by atoms with Crippen LogP contribution in [0.4, 0.5) is 13.2 Å². The van der Waals surface area contributed by atoms with Crippen molar-refractivity contribution in [3.63, 3.8) is 0 Å². The number of hydrogen-bond donors (Lipinski definition) is 2. The summed E-state index contributed by atoms with van der Waals surface area (Å²) in [6.07, 6.45) is -1.71. The van der Waals surface area contributed by atoms with E-state index in [1.54, 1.807) is 0 Å². The average Bonchev–Trinajstić information content (AvgIpc) is 2.01. The average molecular weight is 206 g/mol. The van der Waals surface area contributed by atoms with E-state index in [2.05, 4.69) is 0 Å². The van der Waals surface area contributed by atoms with Gasteiger partial charge in [0.15, 0.2) is 0 Å². The van der Waals surface area contributed by atoms with Gasteiger partial charge in [-0.05, 0) is 12.5 Å². The van der Waals surface area contributed by atoms with Crippen LogP contribution >= 0.6 is 0 Å². The lowest BCUT2D eigenvalue weighted by Crippen LogP contribution is -2.36. The van der Waals surface area contributed by atoms with Gasteiger partial charge in [0.1, 0.15) is 0 Å². The Bertz CT molecular complexity index is 278. The van der Waals surface area contributed by atoms with Crippen LogP contribution in [0.3, 0.4) is 0 Å². The first-order chi connectivity index (χ1) is 6.36. The maximum Gasteiger partial charge on any atom is 0.416 e. The Labute approximate surface area is 80.5 Å². The lowest BCUT2D eigenvalue weighted by atomic mass is 9.87. The summed E-state index contributed by atoms with van der Waals surface area (Å²) in [5, 5.41) is 0. The SMILES string of the molecule is CCC1C(N)=CC(C(F)(F)F)=CC1N. The summed E-state index contributed by atoms with van der Waals surface area (Å²) in [5.74, 6) is -0.180. The van der Waals surface area contributed by atoms with Crippen LogP contribution in [0.1, 0.15) is 13.3 Å². The maximum absolute atomic E-state index is 12.3. The van der Waals surface area contributed by atoms with Crippen LogP contribution in [-0.4, -0.2) is 12.2 Å². The normalized spacial score (nSPS) is 28.4. The molecule has 0 fully saturated rings. The van der Waals surface area contributed by atoms with Gasteiger partial charge in [0.25, 0.3) is 0 Å². The predicted octanol–water partition coefficient (Wildman–Crippen LogP) is 1.68. The number of nitrogens with two attached hydrogens (primary N) is 2. The Morgan fingerprint density at radius 1 is 1.43 bits per heavy atom. The quantitative estimate of drug-likeness (QED) is 0.685. The van der Waals surface area contributed by atoms with Crippen molar-refractivity contribution >= 4 is 0 Å². The first-order valence-corrected chi connectivity index (χ1v) is 4.38. The van der Waals surface area contributed by atoms with Crippen molar-refractivity contribution in [2.75, 3.05) is 0 Å². The monoisotopic (exact) mass is 206 g/mol. The molecule has 80 valence electrons. The fourth-order valence-electron chi connectivity index (χ4n) is 1.56. The molecule has 0 amide bonds. The molecule has 0 heterocycles. The zero-order chi connectivity index (χ0) is 10.9. The molecule has 0 aromatic rings. The summed E-state index contributed by atoms with van der Waals surface area (Å²) in [4.78, 5) is 0. The smallest absolute Gasteiger partial charge is 0.402 e. The summed E-state index contributed by atoms with van der Waals surface area (Å²) >= 11 is 0. The van der Waals surface area contributed by atoms with Crippen LogP contribution in [0.15, 0.2) is 23.4 Å². The van der Waals surface area contributed by atoms with Crippen molar-refractivity contribution in [2.24, 2.45) is 17.4 Å². The Balaban J connectivity index is 2.96. The highest BCUT2D eigenvalue weighted by molar-refractivity contribution is 5.34. The lowest BCUT2D eigenvalue weighted by Gasteiger charge is -2.26. The minimum atomic E-state index is -4.36. The highest BCUT2D eigenvalue weighted by Gasteiger charge is 2.36. The van der Waals surface area contributed by atoms with Gasteiger partial charge >= 0.3 is 6.18 Å². The van der Waals surface area contributed by atoms with Gasteiger partial charge in [-0.25, -0.2) is 0 Å². The van der Waals surface area contributed by atoms with Crippen LogP contribution in [0.25, 0.3) is 0 Å². The van der Waals surface area contributed by atoms with E-state index in [0.29, 0.717) is 6.42 Å². The Hall–Kier alpha value is -0.970. The van der Waals surface area contributed by atoms with Gasteiger partial charge in [0, 0.05) is 17.7 Å². The number of hydrogen-bond acceptors (Lipinski definition) is 2. The van der Waals surface area contributed by atoms with Crippen molar-refractivity contribution in [3.8, 4) is 0 Å². The van der Waals surface area contributed by atoms with Crippen LogP contribution in [0.5, 0.6) is 0 Å². The zero-order valence-corrected chi connectivity index (χ0v) is 7.81. The Morgan fingerprint density at radius 3 is 2.36 bits per heavy atom. The Morgan fingerprint density at radius 2 is 2.00 bits per heavy atom. The molecule has 4 N–H and O–H groups in total. The number of halogens is 3. The molecule has 0 saturated carbocycles. The van der Waals surface area contributed by atoms with E-state index < -0.39 is 17.8 Å². The van der Waals surface area contributed by atoms with Crippen LogP contribution in [-0.2, 0) is 0 Å². The zero-order valence-electron chi connectivity index (χ0n) is 7.81. The third-order valence-corrected chi connectivity index (χ3v) is 2.35. The molecular formula is C9H13F3N2. The molecule has 0 saturated heterocycles. The van der Waals surface area contributed by atoms with Crippen molar-refractivity contribution in [2.45, 2.75) is 25.6 Å². The fourth-order valence-corrected chi connectivity index (χ4v) is 1.56. The van der Waals surface area contributed by atoms with E-state index >= 15 is 0 Å². The Kier molecular flexibility index (Phi) is 2.89. The molecule has 2 nitrogen and oxygen atoms in total. The van der Waals surface area contributed by atoms with Gasteiger partial charge in [0.2, 0.25) is 0 Å². The molecule has 1 rings (SSSR count). The fraction of sp³-hybridized carbons (Fsp3) is 0.556. The van der Waals surface area contributed by atoms with Gasteiger partial charge in [-0.2, -0.15) is 13.2 Å². The third-order valence-electron chi connectivity index (χ3n) is 2.35. The molecule has 2 atom stereocenters. The molecule has 5 heteroatoms. The van der Waals surface area contributed by atoms with Gasteiger partial charge in [0.05, 0.1) is 5.57 Å². The molecule has 1 aliphatic rings. The van der Waals surface area contributed by atoms with E-state index in [0.717, 1.165) is 12.2 Å². The lowest BCUT2D eigenvalue weighted by molar-refractivity contribution is -0.0890. The summed E-state index contributed by atoms with van der Waals surface area (Å²) in [7, 11) is 0. The molecular weight excluding hydrogens is 193 g/mol. The van der Waals surface area contributed by atoms with E-state index in [9.17, 15) is 13.2 Å². The molecule has 2 unspecified atom stereocenters. The summed E-state index contributed by atoms with van der Waals surface area (Å²) in [6.45, 7) is 1.84. The largest absolute Gasteiger partial charge is 0.416 e. The molecule has 0 spiro atoms. The molecule has 0 aliphatic heterocycles. The number of alkyl halides is 3. The highest BCUT2D eigenvalue weighted by Crippen LogP contribution is 2.32. The van der Waals surface area contributed by atoms with Crippen molar-refractivity contribution in [3.05, 3.63) is 23.4 Å². The minimum absolute atomic E-state index is 0.180. The molecule has 0 bridgehead atoms. The summed E-state index contributed by atoms with van der Waals surface area (Å²) < 4.78 is 36.9. The highest BCUT2D eigenvalue weighted by atomic mass is 19.4. The van der Waals surface area contributed by atoms with Crippen LogP contribution in [0, 0.1) is 5.92 Å². The number of allylic oxidation sites excluding steroid dienone is 2. The molecule has 14 heavy (non-hydrogen) atoms. The molecule has 0 aromatic heterocycles. The van der Waals surface area contributed by atoms with Crippen LogP contribution < -0.4 is 11.5 Å². The third kappa shape index (κ3) is 2.09. The van der Waals surface area contributed by atoms with Crippen molar-refractivity contribution < 1.29 is 13.2 Å². The first-order valence-electron chi connectivity index (χ1n) is 4.38. The second kappa shape index (κ2) is 3.65. The second-order valence-corrected chi connectivity index (χ2v) is 3.36. The molecule has 1 aliphatic carbocycles. The number of rotatable bonds is 1.